The second-order valence-corrected chi connectivity index (χ2v) is 8.54. The third kappa shape index (κ3) is 3.47. The molecule has 1 aliphatic rings. The molecule has 162 valence electrons. The van der Waals surface area contributed by atoms with Crippen LogP contribution in [0.15, 0.2) is 83.9 Å². The van der Waals surface area contributed by atoms with Crippen LogP contribution in [0.25, 0.3) is 28.1 Å². The quantitative estimate of drug-likeness (QED) is 0.427. The summed E-state index contributed by atoms with van der Waals surface area (Å²) in [6.07, 6.45) is 3.20. The molecule has 0 fully saturated rings. The number of aromatic amines is 1. The number of pyridine rings is 1. The van der Waals surface area contributed by atoms with Crippen molar-refractivity contribution in [1.29, 1.82) is 0 Å². The van der Waals surface area contributed by atoms with Crippen molar-refractivity contribution < 1.29 is 0 Å². The minimum absolute atomic E-state index is 0.0163. The predicted octanol–water partition coefficient (Wildman–Crippen LogP) is 4.68. The second-order valence-electron chi connectivity index (χ2n) is 8.11. The maximum absolute atomic E-state index is 13.3. The van der Waals surface area contributed by atoms with E-state index in [1.165, 1.54) is 6.33 Å². The number of tetrazole rings is 1. The fraction of sp³-hybridized carbons (Fsp3) is 0.120. The van der Waals surface area contributed by atoms with Gasteiger partial charge in [-0.05, 0) is 70.8 Å². The van der Waals surface area contributed by atoms with Crippen LogP contribution < -0.4 is 5.56 Å². The van der Waals surface area contributed by atoms with Gasteiger partial charge in [-0.25, -0.2) is 0 Å². The monoisotopic (exact) mass is 454 g/mol. The lowest BCUT2D eigenvalue weighted by molar-refractivity contribution is 0.588. The first kappa shape index (κ1) is 19.7. The van der Waals surface area contributed by atoms with Gasteiger partial charge in [-0.15, -0.1) is 5.10 Å². The molecule has 0 saturated heterocycles. The topological polar surface area (TPSA) is 81.4 Å². The number of aryl methyl sites for hydroxylation is 1. The number of H-pyrrole nitrogens is 1. The number of benzene rings is 2. The van der Waals surface area contributed by atoms with E-state index in [0.29, 0.717) is 5.02 Å². The molecule has 0 unspecified atom stereocenters. The minimum atomic E-state index is -0.0384. The minimum Gasteiger partial charge on any atom is -0.357 e. The number of nitrogens with one attached hydrogen (secondary N) is 1. The molecule has 6 rings (SSSR count). The van der Waals surface area contributed by atoms with Crippen molar-refractivity contribution in [2.24, 2.45) is 0 Å². The Hall–Kier alpha value is -3.97. The Labute approximate surface area is 194 Å². The van der Waals surface area contributed by atoms with Crippen molar-refractivity contribution in [3.05, 3.63) is 106 Å². The lowest BCUT2D eigenvalue weighted by Gasteiger charge is -2.15. The standard InChI is InChI=1S/C25H19ClN6O/c26-18-6-10-23(31-15-27-29-30-31)20(14-18)17-12-19-7-11-24(32(19)25(33)13-17)22-9-8-21(28-22)16-4-2-1-3-5-16/h1-6,8-10,12-15,24,28H,7,11H2/t24-/m0/s1. The van der Waals surface area contributed by atoms with Crippen molar-refractivity contribution in [3.8, 4) is 28.1 Å². The molecular formula is C25H19ClN6O. The SMILES string of the molecule is O=c1cc(-c2cc(Cl)ccc2-n2cnnn2)cc2n1[C@H](c1ccc(-c3ccccc3)[nH]1)CC2. The Morgan fingerprint density at radius 2 is 1.85 bits per heavy atom. The van der Waals surface area contributed by atoms with Crippen LogP contribution in [0, 0.1) is 0 Å². The molecule has 0 amide bonds. The Bertz CT molecular complexity index is 1500. The van der Waals surface area contributed by atoms with Crippen LogP contribution in [-0.2, 0) is 6.42 Å². The van der Waals surface area contributed by atoms with E-state index in [-0.39, 0.29) is 11.6 Å². The highest BCUT2D eigenvalue weighted by Crippen LogP contribution is 2.35. The molecular weight excluding hydrogens is 436 g/mol. The van der Waals surface area contributed by atoms with E-state index in [1.54, 1.807) is 16.8 Å². The summed E-state index contributed by atoms with van der Waals surface area (Å²) in [4.78, 5) is 16.8. The van der Waals surface area contributed by atoms with Crippen molar-refractivity contribution in [1.82, 2.24) is 29.8 Å². The summed E-state index contributed by atoms with van der Waals surface area (Å²) in [7, 11) is 0. The molecule has 0 saturated carbocycles. The van der Waals surface area contributed by atoms with Gasteiger partial charge in [-0.1, -0.05) is 41.9 Å². The molecule has 1 aliphatic heterocycles. The molecule has 1 atom stereocenters. The summed E-state index contributed by atoms with van der Waals surface area (Å²) in [5.41, 5.74) is 6.56. The summed E-state index contributed by atoms with van der Waals surface area (Å²) in [6.45, 7) is 0. The van der Waals surface area contributed by atoms with Crippen LogP contribution in [-0.4, -0.2) is 29.8 Å². The highest BCUT2D eigenvalue weighted by atomic mass is 35.5. The second kappa shape index (κ2) is 7.86. The van der Waals surface area contributed by atoms with Crippen molar-refractivity contribution in [2.45, 2.75) is 18.9 Å². The normalized spacial score (nSPS) is 15.0. The van der Waals surface area contributed by atoms with Gasteiger partial charge in [-0.2, -0.15) is 4.68 Å². The van der Waals surface area contributed by atoms with Crippen LogP contribution in [0.3, 0.4) is 0 Å². The fourth-order valence-electron chi connectivity index (χ4n) is 4.65. The first-order valence-electron chi connectivity index (χ1n) is 10.7. The van der Waals surface area contributed by atoms with Crippen LogP contribution >= 0.6 is 11.6 Å². The number of halogens is 1. The Morgan fingerprint density at radius 1 is 0.970 bits per heavy atom. The largest absolute Gasteiger partial charge is 0.357 e. The fourth-order valence-corrected chi connectivity index (χ4v) is 4.82. The van der Waals surface area contributed by atoms with Gasteiger partial charge >= 0.3 is 0 Å². The van der Waals surface area contributed by atoms with Gasteiger partial charge in [0.05, 0.1) is 11.7 Å². The van der Waals surface area contributed by atoms with Crippen LogP contribution in [0.2, 0.25) is 5.02 Å². The number of hydrogen-bond acceptors (Lipinski definition) is 4. The number of hydrogen-bond donors (Lipinski definition) is 1. The van der Waals surface area contributed by atoms with Crippen molar-refractivity contribution >= 4 is 11.6 Å². The zero-order valence-electron chi connectivity index (χ0n) is 17.5. The third-order valence-corrected chi connectivity index (χ3v) is 6.39. The van der Waals surface area contributed by atoms with E-state index in [2.05, 4.69) is 50.8 Å². The lowest BCUT2D eigenvalue weighted by atomic mass is 10.0. The molecule has 33 heavy (non-hydrogen) atoms. The molecule has 0 radical (unpaired) electrons. The van der Waals surface area contributed by atoms with Crippen LogP contribution in [0.4, 0.5) is 0 Å². The summed E-state index contributed by atoms with van der Waals surface area (Å²) in [5.74, 6) is 0. The zero-order chi connectivity index (χ0) is 22.4. The summed E-state index contributed by atoms with van der Waals surface area (Å²) in [6, 6.07) is 23.5. The highest BCUT2D eigenvalue weighted by molar-refractivity contribution is 6.31. The average Bonchev–Trinajstić information content (AvgIpc) is 3.60. The first-order valence-corrected chi connectivity index (χ1v) is 11.1. The molecule has 4 heterocycles. The van der Waals surface area contributed by atoms with E-state index in [9.17, 15) is 4.79 Å². The molecule has 5 aromatic rings. The zero-order valence-corrected chi connectivity index (χ0v) is 18.3. The lowest BCUT2D eigenvalue weighted by Crippen LogP contribution is -2.23. The number of fused-ring (bicyclic) bond motifs is 1. The van der Waals surface area contributed by atoms with Crippen molar-refractivity contribution in [2.75, 3.05) is 0 Å². The van der Waals surface area contributed by atoms with Crippen LogP contribution in [0.5, 0.6) is 0 Å². The van der Waals surface area contributed by atoms with E-state index >= 15 is 0 Å². The Kier molecular flexibility index (Phi) is 4.69. The molecule has 2 aromatic carbocycles. The summed E-state index contributed by atoms with van der Waals surface area (Å²) < 4.78 is 3.47. The average molecular weight is 455 g/mol. The molecule has 1 N–H and O–H groups in total. The van der Waals surface area contributed by atoms with E-state index in [4.69, 9.17) is 11.6 Å². The highest BCUT2D eigenvalue weighted by Gasteiger charge is 2.27. The predicted molar refractivity (Wildman–Crippen MR) is 127 cm³/mol. The summed E-state index contributed by atoms with van der Waals surface area (Å²) >= 11 is 6.29. The Morgan fingerprint density at radius 3 is 2.67 bits per heavy atom. The smallest absolute Gasteiger partial charge is 0.251 e. The van der Waals surface area contributed by atoms with Gasteiger partial charge in [-0.3, -0.25) is 4.79 Å². The molecule has 0 aliphatic carbocycles. The van der Waals surface area contributed by atoms with Crippen molar-refractivity contribution in [3.63, 3.8) is 0 Å². The van der Waals surface area contributed by atoms with Gasteiger partial charge in [0, 0.05) is 33.7 Å². The maximum Gasteiger partial charge on any atom is 0.251 e. The van der Waals surface area contributed by atoms with E-state index in [1.807, 2.05) is 34.9 Å². The first-order chi connectivity index (χ1) is 16.2. The molecule has 0 bridgehead atoms. The number of nitrogens with zero attached hydrogens (tertiary/aromatic N) is 5. The van der Waals surface area contributed by atoms with E-state index in [0.717, 1.165) is 52.3 Å². The van der Waals surface area contributed by atoms with Gasteiger partial charge in [0.2, 0.25) is 0 Å². The molecule has 3 aromatic heterocycles. The van der Waals surface area contributed by atoms with E-state index < -0.39 is 0 Å². The number of aromatic nitrogens is 6. The molecule has 7 nitrogen and oxygen atoms in total. The third-order valence-electron chi connectivity index (χ3n) is 6.15. The van der Waals surface area contributed by atoms with Gasteiger partial charge in [0.15, 0.2) is 0 Å². The molecule has 0 spiro atoms. The molecule has 8 heteroatoms. The van der Waals surface area contributed by atoms with Gasteiger partial charge in [0.25, 0.3) is 5.56 Å². The van der Waals surface area contributed by atoms with Gasteiger partial charge in [0.1, 0.15) is 6.33 Å². The van der Waals surface area contributed by atoms with Crippen LogP contribution in [0.1, 0.15) is 23.9 Å². The van der Waals surface area contributed by atoms with Gasteiger partial charge < -0.3 is 9.55 Å². The number of rotatable bonds is 4. The maximum atomic E-state index is 13.3. The Balaban J connectivity index is 1.40. The summed E-state index contributed by atoms with van der Waals surface area (Å²) in [5, 5.41) is 12.0.